The van der Waals surface area contributed by atoms with Crippen molar-refractivity contribution in [1.82, 2.24) is 20.4 Å². The third-order valence-corrected chi connectivity index (χ3v) is 7.17. The molecule has 0 aliphatic carbocycles. The van der Waals surface area contributed by atoms with Crippen molar-refractivity contribution < 1.29 is 18.8 Å². The number of hydrogen-bond acceptors (Lipinski definition) is 7. The topological polar surface area (TPSA) is 89.7 Å². The minimum atomic E-state index is -0.373. The van der Waals surface area contributed by atoms with Crippen molar-refractivity contribution in [2.75, 3.05) is 20.2 Å². The number of nitrogens with zero attached hydrogens (tertiary/aromatic N) is 3. The highest BCUT2D eigenvalue weighted by Crippen LogP contribution is 2.41. The van der Waals surface area contributed by atoms with Gasteiger partial charge in [-0.05, 0) is 64.4 Å². The normalized spacial score (nSPS) is 19.8. The quantitative estimate of drug-likeness (QED) is 0.536. The number of piperidine rings is 1. The maximum absolute atomic E-state index is 13.2. The number of carbonyl (C=O) groups excluding carboxylic acids is 1. The number of rotatable bonds is 6. The Hall–Kier alpha value is -3.39. The maximum atomic E-state index is 13.2. The van der Waals surface area contributed by atoms with Crippen molar-refractivity contribution in [1.29, 1.82) is 0 Å². The number of ether oxygens (including phenoxy) is 2. The molecule has 0 bridgehead atoms. The molecule has 1 saturated heterocycles. The summed E-state index contributed by atoms with van der Waals surface area (Å²) in [5, 5.41) is 7.48. The van der Waals surface area contributed by atoms with Crippen molar-refractivity contribution in [3.05, 3.63) is 59.5 Å². The highest BCUT2D eigenvalue weighted by Gasteiger charge is 2.36. The van der Waals surface area contributed by atoms with Crippen LogP contribution in [0.5, 0.6) is 11.5 Å². The largest absolute Gasteiger partial charge is 0.497 e. The molecule has 2 aliphatic heterocycles. The lowest BCUT2D eigenvalue weighted by Crippen LogP contribution is -2.45. The summed E-state index contributed by atoms with van der Waals surface area (Å²) in [5.74, 6) is 2.84. The molecule has 1 atom stereocenters. The van der Waals surface area contributed by atoms with Gasteiger partial charge in [0.05, 0.1) is 19.7 Å². The molecule has 1 aromatic heterocycles. The summed E-state index contributed by atoms with van der Waals surface area (Å²) < 4.78 is 17.0. The van der Waals surface area contributed by atoms with E-state index in [1.165, 1.54) is 0 Å². The lowest BCUT2D eigenvalue weighted by atomic mass is 9.88. The number of aromatic nitrogens is 2. The molecule has 5 rings (SSSR count). The predicted molar refractivity (Wildman–Crippen MR) is 136 cm³/mol. The molecule has 8 heteroatoms. The van der Waals surface area contributed by atoms with Crippen LogP contribution in [0, 0.1) is 12.8 Å². The third kappa shape index (κ3) is 5.23. The Morgan fingerprint density at radius 3 is 2.72 bits per heavy atom. The lowest BCUT2D eigenvalue weighted by molar-refractivity contribution is -0.127. The van der Waals surface area contributed by atoms with E-state index in [-0.39, 0.29) is 23.5 Å². The van der Waals surface area contributed by atoms with E-state index in [0.717, 1.165) is 60.5 Å². The second-order valence-electron chi connectivity index (χ2n) is 10.4. The number of nitrogens with one attached hydrogen (secondary N) is 1. The van der Waals surface area contributed by atoms with Gasteiger partial charge in [-0.15, -0.1) is 0 Å². The molecule has 1 unspecified atom stereocenters. The number of fused-ring (bicyclic) bond motifs is 1. The highest BCUT2D eigenvalue weighted by molar-refractivity contribution is 5.79. The van der Waals surface area contributed by atoms with Gasteiger partial charge in [-0.25, -0.2) is 0 Å². The van der Waals surface area contributed by atoms with Crippen LogP contribution in [0.3, 0.4) is 0 Å². The smallest absolute Gasteiger partial charge is 0.241 e. The number of aryl methyl sites for hydroxylation is 1. The predicted octanol–water partition coefficient (Wildman–Crippen LogP) is 4.68. The minimum absolute atomic E-state index is 0.0147. The van der Waals surface area contributed by atoms with Crippen LogP contribution in [-0.4, -0.2) is 46.7 Å². The molecule has 36 heavy (non-hydrogen) atoms. The summed E-state index contributed by atoms with van der Waals surface area (Å²) in [6.45, 7) is 8.36. The van der Waals surface area contributed by atoms with Crippen molar-refractivity contribution >= 4 is 5.91 Å². The van der Waals surface area contributed by atoms with Gasteiger partial charge in [-0.2, -0.15) is 4.98 Å². The SMILES string of the molecule is COc1ccc2c(c1)OC(C)(C)CC2NC(=O)C1CCN(Cc2nc(-c3ccccc3C)no2)CC1. The molecule has 190 valence electrons. The van der Waals surface area contributed by atoms with Crippen molar-refractivity contribution in [2.24, 2.45) is 5.92 Å². The molecule has 0 radical (unpaired) electrons. The van der Waals surface area contributed by atoms with Gasteiger partial charge in [-0.3, -0.25) is 9.69 Å². The summed E-state index contributed by atoms with van der Waals surface area (Å²) in [4.78, 5) is 20.1. The Morgan fingerprint density at radius 1 is 1.19 bits per heavy atom. The van der Waals surface area contributed by atoms with E-state index in [4.69, 9.17) is 14.0 Å². The van der Waals surface area contributed by atoms with Gasteiger partial charge in [0.15, 0.2) is 0 Å². The molecule has 2 aromatic carbocycles. The van der Waals surface area contributed by atoms with Gasteiger partial charge in [0.25, 0.3) is 0 Å². The number of carbonyl (C=O) groups is 1. The second kappa shape index (κ2) is 9.93. The Balaban J connectivity index is 1.17. The van der Waals surface area contributed by atoms with E-state index in [1.807, 2.05) is 49.4 Å². The fraction of sp³-hybridized carbons (Fsp3) is 0.464. The van der Waals surface area contributed by atoms with Crippen LogP contribution in [-0.2, 0) is 11.3 Å². The number of benzene rings is 2. The molecule has 0 saturated carbocycles. The van der Waals surface area contributed by atoms with Gasteiger partial charge in [0.1, 0.15) is 17.1 Å². The van der Waals surface area contributed by atoms with Crippen LogP contribution in [0.25, 0.3) is 11.4 Å². The van der Waals surface area contributed by atoms with Crippen LogP contribution in [0.2, 0.25) is 0 Å². The average Bonchev–Trinajstić information content (AvgIpc) is 3.31. The van der Waals surface area contributed by atoms with Crippen LogP contribution >= 0.6 is 0 Å². The minimum Gasteiger partial charge on any atom is -0.497 e. The number of hydrogen-bond donors (Lipinski definition) is 1. The summed E-state index contributed by atoms with van der Waals surface area (Å²) in [6, 6.07) is 13.7. The van der Waals surface area contributed by atoms with E-state index in [0.29, 0.717) is 18.3 Å². The average molecular weight is 491 g/mol. The molecule has 3 aromatic rings. The summed E-state index contributed by atoms with van der Waals surface area (Å²) in [7, 11) is 1.64. The number of likely N-dealkylation sites (tertiary alicyclic amines) is 1. The van der Waals surface area contributed by atoms with Crippen molar-refractivity contribution in [3.8, 4) is 22.9 Å². The Labute approximate surface area is 212 Å². The van der Waals surface area contributed by atoms with E-state index >= 15 is 0 Å². The van der Waals surface area contributed by atoms with Crippen LogP contribution in [0.15, 0.2) is 47.0 Å². The van der Waals surface area contributed by atoms with E-state index in [2.05, 4.69) is 34.2 Å². The van der Waals surface area contributed by atoms with E-state index in [9.17, 15) is 4.79 Å². The molecular weight excluding hydrogens is 456 g/mol. The molecule has 1 amide bonds. The van der Waals surface area contributed by atoms with Gasteiger partial charge in [0, 0.05) is 29.5 Å². The lowest BCUT2D eigenvalue weighted by Gasteiger charge is -2.39. The third-order valence-electron chi connectivity index (χ3n) is 7.17. The second-order valence-corrected chi connectivity index (χ2v) is 10.4. The molecular formula is C28H34N4O4. The van der Waals surface area contributed by atoms with Gasteiger partial charge >= 0.3 is 0 Å². The molecule has 1 N–H and O–H groups in total. The number of amides is 1. The van der Waals surface area contributed by atoms with Crippen molar-refractivity contribution in [2.45, 2.75) is 58.2 Å². The van der Waals surface area contributed by atoms with Crippen LogP contribution in [0.1, 0.15) is 56.2 Å². The summed E-state index contributed by atoms with van der Waals surface area (Å²) >= 11 is 0. The fourth-order valence-corrected chi connectivity index (χ4v) is 5.17. The summed E-state index contributed by atoms with van der Waals surface area (Å²) in [5.41, 5.74) is 2.73. The van der Waals surface area contributed by atoms with Crippen molar-refractivity contribution in [3.63, 3.8) is 0 Å². The van der Waals surface area contributed by atoms with E-state index in [1.54, 1.807) is 7.11 Å². The first-order valence-corrected chi connectivity index (χ1v) is 12.6. The summed E-state index contributed by atoms with van der Waals surface area (Å²) in [6.07, 6.45) is 2.32. The molecule has 0 spiro atoms. The van der Waals surface area contributed by atoms with Crippen LogP contribution < -0.4 is 14.8 Å². The molecule has 8 nitrogen and oxygen atoms in total. The molecule has 3 heterocycles. The molecule has 1 fully saturated rings. The maximum Gasteiger partial charge on any atom is 0.241 e. The highest BCUT2D eigenvalue weighted by atomic mass is 16.5. The van der Waals surface area contributed by atoms with Gasteiger partial charge < -0.3 is 19.3 Å². The fourth-order valence-electron chi connectivity index (χ4n) is 5.17. The van der Waals surface area contributed by atoms with Crippen LogP contribution in [0.4, 0.5) is 0 Å². The molecule has 2 aliphatic rings. The zero-order chi connectivity index (χ0) is 25.3. The first-order valence-electron chi connectivity index (χ1n) is 12.6. The number of methoxy groups -OCH3 is 1. The Bertz CT molecular complexity index is 1230. The van der Waals surface area contributed by atoms with Gasteiger partial charge in [0.2, 0.25) is 17.6 Å². The standard InChI is InChI=1S/C28H34N4O4/c1-18-7-5-6-8-21(18)26-30-25(36-31-26)17-32-13-11-19(12-14-32)27(33)29-23-16-28(2,3)35-24-15-20(34-4)9-10-22(23)24/h5-10,15,19,23H,11-14,16-17H2,1-4H3,(H,29,33). The Kier molecular flexibility index (Phi) is 6.71. The zero-order valence-electron chi connectivity index (χ0n) is 21.4. The zero-order valence-corrected chi connectivity index (χ0v) is 21.4. The Morgan fingerprint density at radius 2 is 1.97 bits per heavy atom. The first-order chi connectivity index (χ1) is 17.3. The first kappa shape index (κ1) is 24.3. The monoisotopic (exact) mass is 490 g/mol. The van der Waals surface area contributed by atoms with E-state index < -0.39 is 0 Å². The van der Waals surface area contributed by atoms with Gasteiger partial charge in [-0.1, -0.05) is 29.4 Å².